The molecular formula is C19H18N6O4S. The van der Waals surface area contributed by atoms with E-state index in [4.69, 9.17) is 5.14 Å². The highest BCUT2D eigenvalue weighted by Crippen LogP contribution is 2.27. The van der Waals surface area contributed by atoms with Crippen molar-refractivity contribution in [3.8, 4) is 11.4 Å². The summed E-state index contributed by atoms with van der Waals surface area (Å²) in [6, 6.07) is 12.6. The predicted molar refractivity (Wildman–Crippen MR) is 111 cm³/mol. The van der Waals surface area contributed by atoms with Crippen LogP contribution in [-0.2, 0) is 10.0 Å². The third kappa shape index (κ3) is 5.37. The molecule has 4 amide bonds. The van der Waals surface area contributed by atoms with Crippen molar-refractivity contribution in [1.29, 1.82) is 0 Å². The Bertz CT molecular complexity index is 1200. The summed E-state index contributed by atoms with van der Waals surface area (Å²) in [5.41, 5.74) is 1.47. The van der Waals surface area contributed by atoms with Gasteiger partial charge in [0.15, 0.2) is 5.82 Å². The molecule has 0 atom stereocenters. The van der Waals surface area contributed by atoms with Gasteiger partial charge >= 0.3 is 12.1 Å². The molecule has 0 unspecified atom stereocenters. The van der Waals surface area contributed by atoms with E-state index in [1.807, 2.05) is 0 Å². The molecule has 0 aliphatic heterocycles. The smallest absolute Gasteiger partial charge is 0.308 e. The van der Waals surface area contributed by atoms with Crippen molar-refractivity contribution in [3.05, 3.63) is 66.5 Å². The van der Waals surface area contributed by atoms with Crippen molar-refractivity contribution in [2.45, 2.75) is 11.8 Å². The fraction of sp³-hybridized carbons (Fsp3) is 0.0526. The van der Waals surface area contributed by atoms with Gasteiger partial charge in [0.25, 0.3) is 0 Å². The summed E-state index contributed by atoms with van der Waals surface area (Å²) < 4.78 is 23.9. The minimum atomic E-state index is -4.07. The Morgan fingerprint density at radius 3 is 2.23 bits per heavy atom. The highest BCUT2D eigenvalue weighted by atomic mass is 32.2. The number of urea groups is 2. The number of carbonyl (C=O) groups excluding carboxylic acids is 2. The molecule has 0 fully saturated rings. The van der Waals surface area contributed by atoms with Gasteiger partial charge in [-0.2, -0.15) is 0 Å². The predicted octanol–water partition coefficient (Wildman–Crippen LogP) is 2.45. The number of nitrogens with two attached hydrogens (primary N) is 1. The van der Waals surface area contributed by atoms with E-state index in [1.165, 1.54) is 24.4 Å². The molecule has 10 nitrogen and oxygen atoms in total. The summed E-state index contributed by atoms with van der Waals surface area (Å²) >= 11 is 0. The normalized spacial score (nSPS) is 10.9. The largest absolute Gasteiger partial charge is 0.327 e. The summed E-state index contributed by atoms with van der Waals surface area (Å²) in [6.07, 6.45) is 1.48. The SMILES string of the molecule is Cc1ccnc(-c2cc(NC(=O)NC(=O)Nc3ccccc3)ccc2S(N)(=O)=O)n1. The number of aromatic nitrogens is 2. The van der Waals surface area contributed by atoms with Crippen LogP contribution in [0.2, 0.25) is 0 Å². The first-order valence-electron chi connectivity index (χ1n) is 8.63. The van der Waals surface area contributed by atoms with Gasteiger partial charge in [-0.1, -0.05) is 18.2 Å². The van der Waals surface area contributed by atoms with Crippen LogP contribution in [0.15, 0.2) is 65.7 Å². The molecule has 30 heavy (non-hydrogen) atoms. The molecule has 2 aromatic carbocycles. The second-order valence-electron chi connectivity index (χ2n) is 6.18. The lowest BCUT2D eigenvalue weighted by molar-refractivity contribution is 0.240. The number of nitrogens with one attached hydrogen (secondary N) is 3. The number of aryl methyl sites for hydroxylation is 1. The second kappa shape index (κ2) is 8.68. The highest BCUT2D eigenvalue weighted by molar-refractivity contribution is 7.89. The van der Waals surface area contributed by atoms with E-state index in [2.05, 4.69) is 25.9 Å². The lowest BCUT2D eigenvalue weighted by atomic mass is 10.2. The number of hydrogen-bond acceptors (Lipinski definition) is 6. The van der Waals surface area contributed by atoms with Gasteiger partial charge in [-0.25, -0.2) is 33.1 Å². The quantitative estimate of drug-likeness (QED) is 0.502. The maximum atomic E-state index is 12.1. The maximum absolute atomic E-state index is 12.1. The molecule has 1 heterocycles. The molecule has 154 valence electrons. The molecule has 0 aliphatic carbocycles. The number of benzene rings is 2. The van der Waals surface area contributed by atoms with Gasteiger partial charge in [0, 0.05) is 28.8 Å². The summed E-state index contributed by atoms with van der Waals surface area (Å²) in [6.45, 7) is 1.72. The highest BCUT2D eigenvalue weighted by Gasteiger charge is 2.19. The van der Waals surface area contributed by atoms with E-state index >= 15 is 0 Å². The number of primary sulfonamides is 1. The Morgan fingerprint density at radius 2 is 1.60 bits per heavy atom. The van der Waals surface area contributed by atoms with Crippen molar-refractivity contribution in [3.63, 3.8) is 0 Å². The molecule has 5 N–H and O–H groups in total. The number of sulfonamides is 1. The molecule has 11 heteroatoms. The molecule has 0 saturated carbocycles. The first kappa shape index (κ1) is 20.9. The minimum Gasteiger partial charge on any atom is -0.308 e. The molecule has 1 aromatic heterocycles. The van der Waals surface area contributed by atoms with Gasteiger partial charge in [-0.15, -0.1) is 0 Å². The molecule has 0 bridgehead atoms. The number of anilines is 2. The maximum Gasteiger partial charge on any atom is 0.327 e. The first-order chi connectivity index (χ1) is 14.2. The van der Waals surface area contributed by atoms with Crippen LogP contribution < -0.4 is 21.1 Å². The first-order valence-corrected chi connectivity index (χ1v) is 10.2. The standard InChI is InChI=1S/C19H18N6O4S/c1-12-9-10-21-17(22-12)15-11-14(7-8-16(15)30(20,28)29)24-19(27)25-18(26)23-13-5-3-2-4-6-13/h2-11H,1H3,(H2,20,28,29)(H3,23,24,25,26,27). The van der Waals surface area contributed by atoms with Crippen LogP contribution in [0.4, 0.5) is 21.0 Å². The van der Waals surface area contributed by atoms with Crippen molar-refractivity contribution in [2.75, 3.05) is 10.6 Å². The average molecular weight is 426 g/mol. The molecule has 0 radical (unpaired) electrons. The lowest BCUT2D eigenvalue weighted by Crippen LogP contribution is -2.37. The Balaban J connectivity index is 1.80. The number of nitrogens with zero attached hydrogens (tertiary/aromatic N) is 2. The van der Waals surface area contributed by atoms with Gasteiger partial charge in [-0.3, -0.25) is 5.32 Å². The number of carbonyl (C=O) groups is 2. The third-order valence-corrected chi connectivity index (χ3v) is 4.81. The topological polar surface area (TPSA) is 156 Å². The Hall–Kier alpha value is -3.83. The van der Waals surface area contributed by atoms with Crippen LogP contribution in [0.1, 0.15) is 5.69 Å². The van der Waals surface area contributed by atoms with Crippen LogP contribution in [0.25, 0.3) is 11.4 Å². The van der Waals surface area contributed by atoms with Gasteiger partial charge in [0.2, 0.25) is 10.0 Å². The van der Waals surface area contributed by atoms with E-state index in [-0.39, 0.29) is 22.0 Å². The van der Waals surface area contributed by atoms with E-state index in [1.54, 1.807) is 43.3 Å². The monoisotopic (exact) mass is 426 g/mol. The van der Waals surface area contributed by atoms with Gasteiger partial charge in [-0.05, 0) is 43.3 Å². The summed E-state index contributed by atoms with van der Waals surface area (Å²) in [7, 11) is -4.07. The molecule has 0 aliphatic rings. The fourth-order valence-corrected chi connectivity index (χ4v) is 3.27. The van der Waals surface area contributed by atoms with E-state index < -0.39 is 22.1 Å². The number of rotatable bonds is 4. The molecule has 0 saturated heterocycles. The van der Waals surface area contributed by atoms with Crippen molar-refractivity contribution in [1.82, 2.24) is 15.3 Å². The minimum absolute atomic E-state index is 0.118. The second-order valence-corrected chi connectivity index (χ2v) is 7.71. The van der Waals surface area contributed by atoms with Gasteiger partial charge in [0.05, 0.1) is 4.90 Å². The number of imide groups is 1. The van der Waals surface area contributed by atoms with Crippen LogP contribution in [0.3, 0.4) is 0 Å². The summed E-state index contributed by atoms with van der Waals surface area (Å²) in [5, 5.41) is 12.4. The molecule has 3 aromatic rings. The van der Waals surface area contributed by atoms with Crippen molar-refractivity contribution in [2.24, 2.45) is 5.14 Å². The van der Waals surface area contributed by atoms with Crippen molar-refractivity contribution >= 4 is 33.5 Å². The third-order valence-electron chi connectivity index (χ3n) is 3.84. The van der Waals surface area contributed by atoms with E-state index in [0.717, 1.165) is 0 Å². The zero-order chi connectivity index (χ0) is 21.7. The average Bonchev–Trinajstić information content (AvgIpc) is 2.67. The number of hydrogen-bond donors (Lipinski definition) is 4. The van der Waals surface area contributed by atoms with Crippen LogP contribution in [0, 0.1) is 6.92 Å². The Labute approximate surface area is 172 Å². The summed E-state index contributed by atoms with van der Waals surface area (Å²) in [5.74, 6) is 0.130. The van der Waals surface area contributed by atoms with E-state index in [9.17, 15) is 18.0 Å². The molecular weight excluding hydrogens is 408 g/mol. The lowest BCUT2D eigenvalue weighted by Gasteiger charge is -2.12. The number of amides is 4. The zero-order valence-corrected chi connectivity index (χ0v) is 16.6. The number of para-hydroxylation sites is 1. The molecule has 3 rings (SSSR count). The summed E-state index contributed by atoms with van der Waals surface area (Å²) in [4.78, 5) is 32.2. The zero-order valence-electron chi connectivity index (χ0n) is 15.8. The van der Waals surface area contributed by atoms with Crippen LogP contribution in [0.5, 0.6) is 0 Å². The van der Waals surface area contributed by atoms with Gasteiger partial charge in [0.1, 0.15) is 0 Å². The van der Waals surface area contributed by atoms with Gasteiger partial charge < -0.3 is 10.6 Å². The Kier molecular flexibility index (Phi) is 6.04. The van der Waals surface area contributed by atoms with Crippen LogP contribution in [-0.4, -0.2) is 30.4 Å². The van der Waals surface area contributed by atoms with Crippen LogP contribution >= 0.6 is 0 Å². The fourth-order valence-electron chi connectivity index (χ4n) is 2.56. The van der Waals surface area contributed by atoms with Crippen molar-refractivity contribution < 1.29 is 18.0 Å². The van der Waals surface area contributed by atoms with E-state index in [0.29, 0.717) is 11.4 Å². The Morgan fingerprint density at radius 1 is 0.933 bits per heavy atom. The molecule has 0 spiro atoms.